The maximum atomic E-state index is 3.87. The van der Waals surface area contributed by atoms with Crippen molar-refractivity contribution in [1.82, 2.24) is 0 Å². The minimum Gasteiger partial charge on any atom is -0.0878 e. The zero-order valence-electron chi connectivity index (χ0n) is 7.05. The van der Waals surface area contributed by atoms with Crippen molar-refractivity contribution in [1.29, 1.82) is 0 Å². The summed E-state index contributed by atoms with van der Waals surface area (Å²) in [6.07, 6.45) is 6.04. The van der Waals surface area contributed by atoms with Crippen LogP contribution < -0.4 is 0 Å². The summed E-state index contributed by atoms with van der Waals surface area (Å²) in [7, 11) is 0. The van der Waals surface area contributed by atoms with Gasteiger partial charge >= 0.3 is 0 Å². The molecule has 0 aliphatic heterocycles. The molecular weight excluding hydrogens is 280 g/mol. The first-order valence-corrected chi connectivity index (χ1v) is 6.88. The molecule has 3 aliphatic rings. The fourth-order valence-corrected chi connectivity index (χ4v) is 5.76. The monoisotopic (exact) mass is 292 g/mol. The molecule has 68 valence electrons. The Morgan fingerprint density at radius 2 is 1.67 bits per heavy atom. The number of alkyl halides is 2. The van der Waals surface area contributed by atoms with E-state index >= 15 is 0 Å². The van der Waals surface area contributed by atoms with Gasteiger partial charge in [-0.25, -0.2) is 0 Å². The fourth-order valence-electron chi connectivity index (χ4n) is 3.93. The minimum atomic E-state index is 0.760. The summed E-state index contributed by atoms with van der Waals surface area (Å²) in [6.45, 7) is 0. The largest absolute Gasteiger partial charge is 0.0878 e. The fraction of sp³-hybridized carbons (Fsp3) is 1.00. The van der Waals surface area contributed by atoms with E-state index in [1.54, 1.807) is 6.42 Å². The molecule has 2 bridgehead atoms. The molecule has 0 radical (unpaired) electrons. The van der Waals surface area contributed by atoms with Gasteiger partial charge in [0.1, 0.15) is 0 Å². The van der Waals surface area contributed by atoms with Gasteiger partial charge in [-0.3, -0.25) is 0 Å². The van der Waals surface area contributed by atoms with Gasteiger partial charge in [0, 0.05) is 9.65 Å². The predicted molar refractivity (Wildman–Crippen MR) is 57.9 cm³/mol. The van der Waals surface area contributed by atoms with E-state index in [1.165, 1.54) is 19.3 Å². The molecule has 0 saturated heterocycles. The number of rotatable bonds is 0. The van der Waals surface area contributed by atoms with Crippen molar-refractivity contribution in [2.75, 3.05) is 0 Å². The normalized spacial score (nSPS) is 62.5. The van der Waals surface area contributed by atoms with Crippen LogP contribution in [0.1, 0.15) is 25.7 Å². The number of halogens is 2. The number of hydrogen-bond donors (Lipinski definition) is 0. The molecule has 0 aromatic rings. The maximum Gasteiger partial charge on any atom is 0.0304 e. The van der Waals surface area contributed by atoms with E-state index < -0.39 is 0 Å². The van der Waals surface area contributed by atoms with Gasteiger partial charge in [-0.1, -0.05) is 31.9 Å². The van der Waals surface area contributed by atoms with Gasteiger partial charge < -0.3 is 0 Å². The lowest BCUT2D eigenvalue weighted by molar-refractivity contribution is 0.264. The third kappa shape index (κ3) is 0.943. The molecule has 6 atom stereocenters. The molecule has 0 aromatic heterocycles. The second-order valence-corrected chi connectivity index (χ2v) is 7.00. The van der Waals surface area contributed by atoms with Crippen LogP contribution in [-0.4, -0.2) is 9.65 Å². The summed E-state index contributed by atoms with van der Waals surface area (Å²) < 4.78 is 0. The Kier molecular flexibility index (Phi) is 1.88. The van der Waals surface area contributed by atoms with E-state index in [0.717, 1.165) is 33.3 Å². The topological polar surface area (TPSA) is 0 Å². The van der Waals surface area contributed by atoms with Crippen LogP contribution in [0.15, 0.2) is 0 Å². The van der Waals surface area contributed by atoms with Crippen LogP contribution in [0.25, 0.3) is 0 Å². The standard InChI is InChI=1S/C10H14Br2/c11-8-4-7-5-1-2-6(3-5)9(7)10(8)12/h5-10H,1-4H2/t5-,6-,7+,8+,9+,10+/m0/s1. The molecule has 3 aliphatic carbocycles. The summed E-state index contributed by atoms with van der Waals surface area (Å²) in [5, 5.41) is 0. The average Bonchev–Trinajstić information content (AvgIpc) is 2.66. The van der Waals surface area contributed by atoms with Crippen LogP contribution in [0.5, 0.6) is 0 Å². The van der Waals surface area contributed by atoms with Gasteiger partial charge in [-0.15, -0.1) is 0 Å². The Hall–Kier alpha value is 0.960. The molecule has 0 amide bonds. The molecular formula is C10H14Br2. The molecule has 2 heteroatoms. The van der Waals surface area contributed by atoms with Crippen LogP contribution in [0, 0.1) is 23.7 Å². The third-order valence-electron chi connectivity index (χ3n) is 4.37. The van der Waals surface area contributed by atoms with Crippen molar-refractivity contribution in [3.63, 3.8) is 0 Å². The highest BCUT2D eigenvalue weighted by atomic mass is 79.9. The van der Waals surface area contributed by atoms with Crippen molar-refractivity contribution >= 4 is 31.9 Å². The molecule has 0 N–H and O–H groups in total. The molecule has 0 heterocycles. The van der Waals surface area contributed by atoms with Crippen molar-refractivity contribution in [2.45, 2.75) is 35.3 Å². The molecule has 12 heavy (non-hydrogen) atoms. The molecule has 0 unspecified atom stereocenters. The first kappa shape index (κ1) is 8.28. The van der Waals surface area contributed by atoms with Crippen molar-refractivity contribution in [2.24, 2.45) is 23.7 Å². The van der Waals surface area contributed by atoms with Gasteiger partial charge in [-0.05, 0) is 49.4 Å². The SMILES string of the molecule is Br[C@H]1[C@@H]2[C@H]3CC[C@@H](C3)[C@H]2C[C@H]1Br. The Balaban J connectivity index is 1.90. The molecule has 0 aromatic carbocycles. The third-order valence-corrected chi connectivity index (χ3v) is 7.27. The van der Waals surface area contributed by atoms with Crippen LogP contribution >= 0.6 is 31.9 Å². The van der Waals surface area contributed by atoms with Gasteiger partial charge in [0.25, 0.3) is 0 Å². The lowest BCUT2D eigenvalue weighted by Crippen LogP contribution is -2.23. The van der Waals surface area contributed by atoms with Crippen molar-refractivity contribution in [3.8, 4) is 0 Å². The lowest BCUT2D eigenvalue weighted by atomic mass is 9.82. The average molecular weight is 294 g/mol. The summed E-state index contributed by atoms with van der Waals surface area (Å²) in [5.41, 5.74) is 0. The van der Waals surface area contributed by atoms with Gasteiger partial charge in [-0.2, -0.15) is 0 Å². The lowest BCUT2D eigenvalue weighted by Gasteiger charge is -2.26. The predicted octanol–water partition coefficient (Wildman–Crippen LogP) is 3.58. The van der Waals surface area contributed by atoms with E-state index in [-0.39, 0.29) is 0 Å². The summed E-state index contributed by atoms with van der Waals surface area (Å²) in [6, 6.07) is 0. The van der Waals surface area contributed by atoms with E-state index in [2.05, 4.69) is 31.9 Å². The van der Waals surface area contributed by atoms with Crippen LogP contribution in [-0.2, 0) is 0 Å². The minimum absolute atomic E-state index is 0.760. The second kappa shape index (κ2) is 2.73. The zero-order chi connectivity index (χ0) is 8.29. The first-order chi connectivity index (χ1) is 5.77. The highest BCUT2D eigenvalue weighted by Gasteiger charge is 2.55. The van der Waals surface area contributed by atoms with Gasteiger partial charge in [0.05, 0.1) is 0 Å². The smallest absolute Gasteiger partial charge is 0.0304 e. The van der Waals surface area contributed by atoms with Crippen molar-refractivity contribution in [3.05, 3.63) is 0 Å². The Labute approximate surface area is 90.7 Å². The Bertz CT molecular complexity index is 202. The van der Waals surface area contributed by atoms with Gasteiger partial charge in [0.2, 0.25) is 0 Å². The Morgan fingerprint density at radius 1 is 0.917 bits per heavy atom. The van der Waals surface area contributed by atoms with Crippen molar-refractivity contribution < 1.29 is 0 Å². The van der Waals surface area contributed by atoms with E-state index in [1.807, 2.05) is 0 Å². The van der Waals surface area contributed by atoms with E-state index in [9.17, 15) is 0 Å². The first-order valence-electron chi connectivity index (χ1n) is 5.05. The second-order valence-electron chi connectivity index (χ2n) is 4.77. The van der Waals surface area contributed by atoms with Crippen LogP contribution in [0.4, 0.5) is 0 Å². The number of fused-ring (bicyclic) bond motifs is 5. The van der Waals surface area contributed by atoms with E-state index in [0.29, 0.717) is 0 Å². The summed E-state index contributed by atoms with van der Waals surface area (Å²) in [5.74, 6) is 4.26. The highest BCUT2D eigenvalue weighted by molar-refractivity contribution is 9.12. The zero-order valence-corrected chi connectivity index (χ0v) is 10.2. The maximum absolute atomic E-state index is 3.87. The van der Waals surface area contributed by atoms with Crippen LogP contribution in [0.2, 0.25) is 0 Å². The summed E-state index contributed by atoms with van der Waals surface area (Å²) >= 11 is 7.66. The van der Waals surface area contributed by atoms with Crippen LogP contribution in [0.3, 0.4) is 0 Å². The quantitative estimate of drug-likeness (QED) is 0.599. The number of hydrogen-bond acceptors (Lipinski definition) is 0. The van der Waals surface area contributed by atoms with Gasteiger partial charge in [0.15, 0.2) is 0 Å². The Morgan fingerprint density at radius 3 is 2.42 bits per heavy atom. The highest BCUT2D eigenvalue weighted by Crippen LogP contribution is 2.61. The molecule has 3 rings (SSSR count). The molecule has 0 nitrogen and oxygen atoms in total. The molecule has 0 spiro atoms. The summed E-state index contributed by atoms with van der Waals surface area (Å²) in [4.78, 5) is 1.54. The van der Waals surface area contributed by atoms with E-state index in [4.69, 9.17) is 0 Å². The molecule has 3 saturated carbocycles. The molecule has 3 fully saturated rings.